The summed E-state index contributed by atoms with van der Waals surface area (Å²) >= 11 is 6.24. The molecule has 0 bridgehead atoms. The predicted octanol–water partition coefficient (Wildman–Crippen LogP) is 5.87. The van der Waals surface area contributed by atoms with Gasteiger partial charge in [-0.05, 0) is 62.7 Å². The highest BCUT2D eigenvalue weighted by Gasteiger charge is 2.18. The highest BCUT2D eigenvalue weighted by Crippen LogP contribution is 2.16. The molecule has 8 heteroatoms. The monoisotopic (exact) mass is 507 g/mol. The Bertz CT molecular complexity index is 796. The summed E-state index contributed by atoms with van der Waals surface area (Å²) in [6.07, 6.45) is 2.03. The molecule has 0 saturated heterocycles. The van der Waals surface area contributed by atoms with Gasteiger partial charge in [0.05, 0.1) is 4.75 Å². The summed E-state index contributed by atoms with van der Waals surface area (Å²) in [5.74, 6) is -0.756. The van der Waals surface area contributed by atoms with E-state index in [2.05, 4.69) is 36.3 Å². The summed E-state index contributed by atoms with van der Waals surface area (Å²) in [5, 5.41) is 0. The second kappa shape index (κ2) is 10.2. The largest absolute Gasteiger partial charge is 0.298 e. The van der Waals surface area contributed by atoms with E-state index in [1.807, 2.05) is 20.8 Å². The maximum atomic E-state index is 13.0. The van der Waals surface area contributed by atoms with Crippen LogP contribution in [0.4, 0.5) is 8.78 Å². The number of nitrogens with zero attached hydrogens (tertiary/aromatic N) is 1. The molecule has 2 rings (SSSR count). The molecule has 0 aromatic heterocycles. The lowest BCUT2D eigenvalue weighted by atomic mass is 10.2. The summed E-state index contributed by atoms with van der Waals surface area (Å²) in [4.78, 5) is 10.1. The van der Waals surface area contributed by atoms with Crippen molar-refractivity contribution in [2.24, 2.45) is 4.40 Å². The molecule has 26 heavy (non-hydrogen) atoms. The molecule has 0 heterocycles. The van der Waals surface area contributed by atoms with E-state index in [0.29, 0.717) is 26.4 Å². The van der Waals surface area contributed by atoms with Crippen molar-refractivity contribution in [3.05, 3.63) is 68.1 Å². The molecule has 0 radical (unpaired) electrons. The van der Waals surface area contributed by atoms with Crippen molar-refractivity contribution in [1.82, 2.24) is 0 Å². The average Bonchev–Trinajstić information content (AvgIpc) is 2.50. The SMILES string of the molecule is CC(C)(C)[S@@](=O)N=Cc1cc(F)cc(Br)c1.O=Cc1cc(F)cc(Br)c1. The maximum absolute atomic E-state index is 13.0. The van der Waals surface area contributed by atoms with Gasteiger partial charge in [-0.1, -0.05) is 31.9 Å². The molecule has 0 fully saturated rings. The molecule has 2 aromatic carbocycles. The maximum Gasteiger partial charge on any atom is 0.150 e. The summed E-state index contributed by atoms with van der Waals surface area (Å²) in [7, 11) is -1.32. The van der Waals surface area contributed by atoms with Gasteiger partial charge in [0.2, 0.25) is 0 Å². The van der Waals surface area contributed by atoms with Crippen molar-refractivity contribution in [2.75, 3.05) is 0 Å². The Kier molecular flexibility index (Phi) is 8.92. The topological polar surface area (TPSA) is 46.5 Å². The average molecular weight is 509 g/mol. The van der Waals surface area contributed by atoms with Crippen LogP contribution >= 0.6 is 31.9 Å². The molecule has 2 aromatic rings. The van der Waals surface area contributed by atoms with Crippen molar-refractivity contribution in [1.29, 1.82) is 0 Å². The zero-order valence-electron chi connectivity index (χ0n) is 14.3. The van der Waals surface area contributed by atoms with Crippen molar-refractivity contribution >= 4 is 55.3 Å². The standard InChI is InChI=1S/C11H13BrFNOS.C7H4BrFO/c1-11(2,3)16(15)14-7-8-4-9(12)6-10(13)5-8;8-6-1-5(4-10)2-7(9)3-6/h4-7H,1-3H3;1-4H/t16-;/m1./s1. The number of rotatable bonds is 3. The molecule has 0 spiro atoms. The van der Waals surface area contributed by atoms with Crippen molar-refractivity contribution in [3.63, 3.8) is 0 Å². The lowest BCUT2D eigenvalue weighted by molar-refractivity contribution is 0.112. The molecule has 0 unspecified atom stereocenters. The number of halogens is 4. The number of benzene rings is 2. The van der Waals surface area contributed by atoms with E-state index in [1.165, 1.54) is 30.5 Å². The normalized spacial score (nSPS) is 12.4. The first-order valence-electron chi connectivity index (χ1n) is 7.34. The first-order valence-corrected chi connectivity index (χ1v) is 10.0. The first-order chi connectivity index (χ1) is 12.0. The zero-order chi connectivity index (χ0) is 19.9. The second-order valence-electron chi connectivity index (χ2n) is 6.12. The third-order valence-electron chi connectivity index (χ3n) is 2.73. The second-order valence-corrected chi connectivity index (χ2v) is 9.88. The smallest absolute Gasteiger partial charge is 0.150 e. The Labute approximate surface area is 170 Å². The van der Waals surface area contributed by atoms with E-state index in [9.17, 15) is 17.8 Å². The van der Waals surface area contributed by atoms with Gasteiger partial charge in [0.15, 0.2) is 0 Å². The third-order valence-corrected chi connectivity index (χ3v) is 4.99. The van der Waals surface area contributed by atoms with Crippen LogP contribution in [0.3, 0.4) is 0 Å². The van der Waals surface area contributed by atoms with Crippen LogP contribution in [0.15, 0.2) is 49.7 Å². The molecule has 0 saturated carbocycles. The van der Waals surface area contributed by atoms with Crippen LogP contribution in [-0.4, -0.2) is 21.5 Å². The summed E-state index contributed by atoms with van der Waals surface area (Å²) < 4.78 is 41.8. The van der Waals surface area contributed by atoms with Crippen molar-refractivity contribution in [3.8, 4) is 0 Å². The predicted molar refractivity (Wildman–Crippen MR) is 109 cm³/mol. The minimum Gasteiger partial charge on any atom is -0.298 e. The van der Waals surface area contributed by atoms with E-state index >= 15 is 0 Å². The fourth-order valence-corrected chi connectivity index (χ4v) is 3.06. The van der Waals surface area contributed by atoms with Crippen LogP contribution in [0.2, 0.25) is 0 Å². The third kappa shape index (κ3) is 8.42. The van der Waals surface area contributed by atoms with Gasteiger partial charge in [-0.2, -0.15) is 4.40 Å². The van der Waals surface area contributed by atoms with Crippen LogP contribution in [0.25, 0.3) is 0 Å². The van der Waals surface area contributed by atoms with Crippen LogP contribution in [-0.2, 0) is 11.0 Å². The van der Waals surface area contributed by atoms with Gasteiger partial charge < -0.3 is 0 Å². The minimum atomic E-state index is -1.32. The molecule has 1 atom stereocenters. The van der Waals surface area contributed by atoms with Crippen molar-refractivity contribution < 1.29 is 17.8 Å². The van der Waals surface area contributed by atoms with Gasteiger partial charge >= 0.3 is 0 Å². The molecule has 0 amide bonds. The van der Waals surface area contributed by atoms with E-state index in [-0.39, 0.29) is 5.82 Å². The van der Waals surface area contributed by atoms with Gasteiger partial charge in [0.1, 0.15) is 28.9 Å². The Hall–Kier alpha value is -1.25. The fraction of sp³-hybridized carbons (Fsp3) is 0.222. The molecule has 3 nitrogen and oxygen atoms in total. The van der Waals surface area contributed by atoms with Crippen LogP contribution in [0, 0.1) is 11.6 Å². The highest BCUT2D eigenvalue weighted by atomic mass is 79.9. The van der Waals surface area contributed by atoms with Gasteiger partial charge in [-0.3, -0.25) is 4.79 Å². The lowest BCUT2D eigenvalue weighted by Gasteiger charge is -2.12. The highest BCUT2D eigenvalue weighted by molar-refractivity contribution is 9.10. The number of carbonyl (C=O) groups is 1. The number of hydrogen-bond donors (Lipinski definition) is 0. The van der Waals surface area contributed by atoms with Gasteiger partial charge in [0.25, 0.3) is 0 Å². The molecule has 140 valence electrons. The quantitative estimate of drug-likeness (QED) is 0.384. The van der Waals surface area contributed by atoms with E-state index in [4.69, 9.17) is 0 Å². The van der Waals surface area contributed by atoms with Crippen molar-refractivity contribution in [2.45, 2.75) is 25.5 Å². The van der Waals surface area contributed by atoms with E-state index < -0.39 is 21.5 Å². The van der Waals surface area contributed by atoms with E-state index in [0.717, 1.165) is 0 Å². The molecule has 0 aliphatic rings. The fourth-order valence-electron chi connectivity index (χ4n) is 1.56. The summed E-state index contributed by atoms with van der Waals surface area (Å²) in [6, 6.07) is 8.44. The summed E-state index contributed by atoms with van der Waals surface area (Å²) in [6.45, 7) is 5.51. The van der Waals surface area contributed by atoms with Crippen LogP contribution in [0.5, 0.6) is 0 Å². The number of carbonyl (C=O) groups excluding carboxylic acids is 1. The Morgan fingerprint density at radius 2 is 1.38 bits per heavy atom. The van der Waals surface area contributed by atoms with Gasteiger partial charge in [-0.25, -0.2) is 13.0 Å². The number of aldehydes is 1. The van der Waals surface area contributed by atoms with E-state index in [1.54, 1.807) is 12.1 Å². The minimum absolute atomic E-state index is 0.340. The van der Waals surface area contributed by atoms with Gasteiger partial charge in [0, 0.05) is 20.7 Å². The molecule has 0 aliphatic carbocycles. The summed E-state index contributed by atoms with van der Waals surface area (Å²) in [5.41, 5.74) is 0.927. The van der Waals surface area contributed by atoms with Crippen LogP contribution < -0.4 is 0 Å². The zero-order valence-corrected chi connectivity index (χ0v) is 18.3. The molecule has 0 N–H and O–H groups in total. The lowest BCUT2D eigenvalue weighted by Crippen LogP contribution is -2.19. The number of hydrogen-bond acceptors (Lipinski definition) is 2. The molecular formula is C18H17Br2F2NO2S. The Morgan fingerprint density at radius 3 is 1.81 bits per heavy atom. The van der Waals surface area contributed by atoms with Gasteiger partial charge in [-0.15, -0.1) is 0 Å². The Balaban J connectivity index is 0.000000289. The Morgan fingerprint density at radius 1 is 0.923 bits per heavy atom. The van der Waals surface area contributed by atoms with Crippen LogP contribution in [0.1, 0.15) is 36.7 Å². The molecular weight excluding hydrogens is 492 g/mol. The first kappa shape index (κ1) is 22.8. The molecule has 0 aliphatic heterocycles.